The number of hydrogen-bond donors (Lipinski definition) is 2. The van der Waals surface area contributed by atoms with Gasteiger partial charge < -0.3 is 24.6 Å². The van der Waals surface area contributed by atoms with Crippen molar-refractivity contribution < 1.29 is 28.9 Å². The summed E-state index contributed by atoms with van der Waals surface area (Å²) >= 11 is 0. The van der Waals surface area contributed by atoms with Gasteiger partial charge in [0, 0.05) is 0 Å². The molecule has 7 nitrogen and oxygen atoms in total. The molecule has 2 rings (SSSR count). The molecule has 0 saturated heterocycles. The Hall–Kier alpha value is -3.22. The first-order valence-corrected chi connectivity index (χ1v) is 7.02. The van der Waals surface area contributed by atoms with E-state index in [1.165, 1.54) is 32.4 Å². The number of carbonyl (C=O) groups excluding carboxylic acids is 2. The van der Waals surface area contributed by atoms with Crippen molar-refractivity contribution >= 4 is 17.6 Å². The number of phenols is 1. The first-order chi connectivity index (χ1) is 11.5. The molecule has 2 aromatic carbocycles. The molecule has 0 bridgehead atoms. The Balaban J connectivity index is 1.97. The van der Waals surface area contributed by atoms with Crippen molar-refractivity contribution in [1.29, 1.82) is 0 Å². The van der Waals surface area contributed by atoms with Crippen LogP contribution in [0.15, 0.2) is 42.5 Å². The third-order valence-electron chi connectivity index (χ3n) is 3.14. The maximum Gasteiger partial charge on any atom is 0.342 e. The van der Waals surface area contributed by atoms with Crippen LogP contribution >= 0.6 is 0 Å². The lowest BCUT2D eigenvalue weighted by atomic mass is 10.2. The number of aromatic hydroxyl groups is 1. The predicted molar refractivity (Wildman–Crippen MR) is 86.6 cm³/mol. The summed E-state index contributed by atoms with van der Waals surface area (Å²) in [4.78, 5) is 23.9. The molecule has 0 unspecified atom stereocenters. The minimum Gasteiger partial charge on any atom is -0.507 e. The highest BCUT2D eigenvalue weighted by Gasteiger charge is 2.16. The molecule has 0 aliphatic heterocycles. The molecule has 2 aromatic rings. The average molecular weight is 331 g/mol. The molecule has 0 aliphatic carbocycles. The lowest BCUT2D eigenvalue weighted by Gasteiger charge is -2.10. The van der Waals surface area contributed by atoms with Gasteiger partial charge in [-0.15, -0.1) is 0 Å². The fourth-order valence-corrected chi connectivity index (χ4v) is 1.95. The third-order valence-corrected chi connectivity index (χ3v) is 3.14. The molecule has 126 valence electrons. The number of para-hydroxylation sites is 2. The van der Waals surface area contributed by atoms with Gasteiger partial charge >= 0.3 is 5.97 Å². The van der Waals surface area contributed by atoms with Crippen LogP contribution in [-0.2, 0) is 9.53 Å². The number of carbonyl (C=O) groups is 2. The van der Waals surface area contributed by atoms with Crippen LogP contribution in [0.5, 0.6) is 17.2 Å². The quantitative estimate of drug-likeness (QED) is 0.788. The van der Waals surface area contributed by atoms with Gasteiger partial charge in [-0.3, -0.25) is 4.79 Å². The number of methoxy groups -OCH3 is 2. The van der Waals surface area contributed by atoms with Crippen molar-refractivity contribution in [2.24, 2.45) is 0 Å². The SMILES string of the molecule is COc1ccc(O)c(C(=O)OCC(=O)Nc2ccccc2OC)c1. The van der Waals surface area contributed by atoms with E-state index < -0.39 is 18.5 Å². The number of rotatable bonds is 6. The summed E-state index contributed by atoms with van der Waals surface area (Å²) in [7, 11) is 2.92. The predicted octanol–water partition coefficient (Wildman–Crippen LogP) is 2.20. The first kappa shape index (κ1) is 17.1. The molecule has 0 aliphatic rings. The minimum atomic E-state index is -0.832. The highest BCUT2D eigenvalue weighted by Crippen LogP contribution is 2.24. The topological polar surface area (TPSA) is 94.1 Å². The summed E-state index contributed by atoms with van der Waals surface area (Å²) in [5.41, 5.74) is 0.379. The Kier molecular flexibility index (Phi) is 5.62. The summed E-state index contributed by atoms with van der Waals surface area (Å²) in [6.07, 6.45) is 0. The summed E-state index contributed by atoms with van der Waals surface area (Å²) in [6, 6.07) is 11.0. The van der Waals surface area contributed by atoms with E-state index in [1.54, 1.807) is 24.3 Å². The fourth-order valence-electron chi connectivity index (χ4n) is 1.95. The molecule has 0 radical (unpaired) electrons. The van der Waals surface area contributed by atoms with Gasteiger partial charge in [-0.1, -0.05) is 12.1 Å². The van der Waals surface area contributed by atoms with Crippen LogP contribution in [0, 0.1) is 0 Å². The van der Waals surface area contributed by atoms with Crippen LogP contribution in [0.2, 0.25) is 0 Å². The zero-order chi connectivity index (χ0) is 17.5. The smallest absolute Gasteiger partial charge is 0.342 e. The van der Waals surface area contributed by atoms with Gasteiger partial charge in [0.05, 0.1) is 19.9 Å². The van der Waals surface area contributed by atoms with Crippen LogP contribution in [-0.4, -0.2) is 37.8 Å². The van der Waals surface area contributed by atoms with Gasteiger partial charge in [-0.25, -0.2) is 4.79 Å². The summed E-state index contributed by atoms with van der Waals surface area (Å²) in [5.74, 6) is -0.747. The number of hydrogen-bond acceptors (Lipinski definition) is 6. The molecule has 0 fully saturated rings. The van der Waals surface area contributed by atoms with Crippen molar-refractivity contribution in [1.82, 2.24) is 0 Å². The summed E-state index contributed by atoms with van der Waals surface area (Å²) < 4.78 is 15.0. The van der Waals surface area contributed by atoms with E-state index in [1.807, 2.05) is 0 Å². The van der Waals surface area contributed by atoms with Crippen LogP contribution < -0.4 is 14.8 Å². The third kappa shape index (κ3) is 4.16. The number of ether oxygens (including phenoxy) is 3. The van der Waals surface area contributed by atoms with Gasteiger partial charge in [-0.2, -0.15) is 0 Å². The Morgan fingerprint density at radius 1 is 1.08 bits per heavy atom. The van der Waals surface area contributed by atoms with E-state index in [2.05, 4.69) is 5.32 Å². The zero-order valence-corrected chi connectivity index (χ0v) is 13.2. The normalized spacial score (nSPS) is 9.92. The van der Waals surface area contributed by atoms with Crippen molar-refractivity contribution in [3.63, 3.8) is 0 Å². The molecule has 1 amide bonds. The highest BCUT2D eigenvalue weighted by atomic mass is 16.5. The second-order valence-electron chi connectivity index (χ2n) is 4.71. The molecule has 24 heavy (non-hydrogen) atoms. The fraction of sp³-hybridized carbons (Fsp3) is 0.176. The maximum atomic E-state index is 12.0. The molecular weight excluding hydrogens is 314 g/mol. The largest absolute Gasteiger partial charge is 0.507 e. The van der Waals surface area contributed by atoms with Gasteiger partial charge in [0.25, 0.3) is 5.91 Å². The van der Waals surface area contributed by atoms with Crippen molar-refractivity contribution in [3.8, 4) is 17.2 Å². The molecule has 0 heterocycles. The lowest BCUT2D eigenvalue weighted by Crippen LogP contribution is -2.21. The van der Waals surface area contributed by atoms with E-state index in [0.717, 1.165) is 0 Å². The number of esters is 1. The molecule has 0 saturated carbocycles. The highest BCUT2D eigenvalue weighted by molar-refractivity contribution is 5.97. The van der Waals surface area contributed by atoms with Crippen LogP contribution in [0.25, 0.3) is 0 Å². The number of benzene rings is 2. The number of amides is 1. The van der Waals surface area contributed by atoms with E-state index in [4.69, 9.17) is 14.2 Å². The molecule has 0 spiro atoms. The lowest BCUT2D eigenvalue weighted by molar-refractivity contribution is -0.119. The second kappa shape index (κ2) is 7.87. The monoisotopic (exact) mass is 331 g/mol. The zero-order valence-electron chi connectivity index (χ0n) is 13.2. The maximum absolute atomic E-state index is 12.0. The summed E-state index contributed by atoms with van der Waals surface area (Å²) in [6.45, 7) is -0.506. The van der Waals surface area contributed by atoms with Crippen LogP contribution in [0.4, 0.5) is 5.69 Å². The second-order valence-corrected chi connectivity index (χ2v) is 4.71. The van der Waals surface area contributed by atoms with Gasteiger partial charge in [0.15, 0.2) is 6.61 Å². The minimum absolute atomic E-state index is 0.0839. The van der Waals surface area contributed by atoms with Crippen molar-refractivity contribution in [2.45, 2.75) is 0 Å². The number of anilines is 1. The van der Waals surface area contributed by atoms with E-state index in [0.29, 0.717) is 17.2 Å². The Labute approximate surface area is 138 Å². The van der Waals surface area contributed by atoms with E-state index >= 15 is 0 Å². The molecule has 2 N–H and O–H groups in total. The average Bonchev–Trinajstić information content (AvgIpc) is 2.60. The number of phenolic OH excluding ortho intramolecular Hbond substituents is 1. The van der Waals surface area contributed by atoms with Crippen molar-refractivity contribution in [2.75, 3.05) is 26.1 Å². The number of nitrogens with one attached hydrogen (secondary N) is 1. The van der Waals surface area contributed by atoms with E-state index in [-0.39, 0.29) is 11.3 Å². The Morgan fingerprint density at radius 2 is 1.83 bits per heavy atom. The Bertz CT molecular complexity index is 744. The van der Waals surface area contributed by atoms with Gasteiger partial charge in [0.2, 0.25) is 0 Å². The Morgan fingerprint density at radius 3 is 2.54 bits per heavy atom. The van der Waals surface area contributed by atoms with Gasteiger partial charge in [0.1, 0.15) is 22.8 Å². The standard InChI is InChI=1S/C17H17NO6/c1-22-11-7-8-14(19)12(9-11)17(21)24-10-16(20)18-13-5-3-4-6-15(13)23-2/h3-9,19H,10H2,1-2H3,(H,18,20). The first-order valence-electron chi connectivity index (χ1n) is 7.02. The summed E-state index contributed by atoms with van der Waals surface area (Å²) in [5, 5.41) is 12.3. The molecule has 0 aromatic heterocycles. The molecule has 7 heteroatoms. The van der Waals surface area contributed by atoms with Crippen molar-refractivity contribution in [3.05, 3.63) is 48.0 Å². The molecule has 0 atom stereocenters. The van der Waals surface area contributed by atoms with Gasteiger partial charge in [-0.05, 0) is 30.3 Å². The van der Waals surface area contributed by atoms with E-state index in [9.17, 15) is 14.7 Å². The van der Waals surface area contributed by atoms with Crippen LogP contribution in [0.3, 0.4) is 0 Å². The molecular formula is C17H17NO6. The van der Waals surface area contributed by atoms with Crippen LogP contribution in [0.1, 0.15) is 10.4 Å².